The molecule has 0 heterocycles. The van der Waals surface area contributed by atoms with Gasteiger partial charge >= 0.3 is 6.03 Å². The normalized spacial score (nSPS) is 12.2. The van der Waals surface area contributed by atoms with Crippen molar-refractivity contribution in [2.75, 3.05) is 18.8 Å². The average Bonchev–Trinajstić information content (AvgIpc) is 2.44. The topological polar surface area (TPSA) is 61.4 Å². The maximum absolute atomic E-state index is 11.5. The van der Waals surface area contributed by atoms with Crippen LogP contribution in [-0.4, -0.2) is 36.1 Å². The first-order valence-electron chi connectivity index (χ1n) is 6.97. The number of rotatable bonds is 8. The van der Waals surface area contributed by atoms with Gasteiger partial charge in [0.15, 0.2) is 0 Å². The van der Waals surface area contributed by atoms with Crippen LogP contribution in [0.25, 0.3) is 0 Å². The van der Waals surface area contributed by atoms with Gasteiger partial charge in [-0.05, 0) is 24.5 Å². The highest BCUT2D eigenvalue weighted by atomic mass is 32.2. The van der Waals surface area contributed by atoms with Crippen molar-refractivity contribution < 1.29 is 9.90 Å². The predicted octanol–water partition coefficient (Wildman–Crippen LogP) is 2.48. The van der Waals surface area contributed by atoms with E-state index in [2.05, 4.69) is 22.8 Å². The standard InChI is InChI=1S/C15H24N2O2S/c1-12(2)14(18)8-9-16-15(19)17-10-11-20-13-6-4-3-5-7-13/h3-7,12,14,18H,8-11H2,1-2H3,(H2,16,17,19). The van der Waals surface area contributed by atoms with Crippen LogP contribution in [0.5, 0.6) is 0 Å². The predicted molar refractivity (Wildman–Crippen MR) is 84.0 cm³/mol. The first kappa shape index (κ1) is 16.9. The van der Waals surface area contributed by atoms with Gasteiger partial charge in [0, 0.05) is 23.7 Å². The van der Waals surface area contributed by atoms with E-state index >= 15 is 0 Å². The fourth-order valence-electron chi connectivity index (χ4n) is 1.58. The molecule has 3 N–H and O–H groups in total. The van der Waals surface area contributed by atoms with Crippen LogP contribution in [0.4, 0.5) is 4.79 Å². The molecule has 1 aromatic carbocycles. The van der Waals surface area contributed by atoms with Crippen LogP contribution in [0.1, 0.15) is 20.3 Å². The van der Waals surface area contributed by atoms with Gasteiger partial charge in [-0.3, -0.25) is 0 Å². The van der Waals surface area contributed by atoms with E-state index in [9.17, 15) is 9.90 Å². The molecule has 112 valence electrons. The van der Waals surface area contributed by atoms with Gasteiger partial charge in [0.1, 0.15) is 0 Å². The smallest absolute Gasteiger partial charge is 0.314 e. The summed E-state index contributed by atoms with van der Waals surface area (Å²) in [6, 6.07) is 9.93. The average molecular weight is 296 g/mol. The number of carbonyl (C=O) groups excluding carboxylic acids is 1. The van der Waals surface area contributed by atoms with Crippen molar-refractivity contribution in [2.45, 2.75) is 31.3 Å². The van der Waals surface area contributed by atoms with Crippen molar-refractivity contribution in [3.63, 3.8) is 0 Å². The SMILES string of the molecule is CC(C)C(O)CCNC(=O)NCCSc1ccccc1. The molecule has 0 spiro atoms. The highest BCUT2D eigenvalue weighted by Crippen LogP contribution is 2.15. The van der Waals surface area contributed by atoms with E-state index in [0.717, 1.165) is 5.75 Å². The van der Waals surface area contributed by atoms with Gasteiger partial charge < -0.3 is 15.7 Å². The summed E-state index contributed by atoms with van der Waals surface area (Å²) in [6.07, 6.45) is 0.230. The van der Waals surface area contributed by atoms with E-state index in [1.807, 2.05) is 32.0 Å². The zero-order valence-electron chi connectivity index (χ0n) is 12.1. The highest BCUT2D eigenvalue weighted by Gasteiger charge is 2.09. The molecule has 20 heavy (non-hydrogen) atoms. The number of hydrogen-bond acceptors (Lipinski definition) is 3. The van der Waals surface area contributed by atoms with E-state index in [1.165, 1.54) is 4.90 Å². The molecule has 0 bridgehead atoms. The minimum absolute atomic E-state index is 0.172. The number of carbonyl (C=O) groups is 1. The Morgan fingerprint density at radius 3 is 2.50 bits per heavy atom. The van der Waals surface area contributed by atoms with Crippen LogP contribution in [-0.2, 0) is 0 Å². The molecule has 0 aromatic heterocycles. The van der Waals surface area contributed by atoms with Gasteiger partial charge in [0.25, 0.3) is 0 Å². The van der Waals surface area contributed by atoms with Crippen LogP contribution < -0.4 is 10.6 Å². The molecule has 0 radical (unpaired) electrons. The van der Waals surface area contributed by atoms with Crippen molar-refractivity contribution in [2.24, 2.45) is 5.92 Å². The molecule has 1 aromatic rings. The Morgan fingerprint density at radius 2 is 1.85 bits per heavy atom. The molecule has 0 aliphatic carbocycles. The Bertz CT molecular complexity index is 385. The Labute approximate surface area is 125 Å². The van der Waals surface area contributed by atoms with E-state index in [-0.39, 0.29) is 18.1 Å². The van der Waals surface area contributed by atoms with Gasteiger partial charge in [-0.25, -0.2) is 4.79 Å². The number of benzene rings is 1. The molecule has 1 atom stereocenters. The number of amides is 2. The first-order valence-corrected chi connectivity index (χ1v) is 7.95. The van der Waals surface area contributed by atoms with Gasteiger partial charge in [0.05, 0.1) is 6.10 Å². The van der Waals surface area contributed by atoms with Gasteiger partial charge in [-0.15, -0.1) is 11.8 Å². The van der Waals surface area contributed by atoms with E-state index in [0.29, 0.717) is 19.5 Å². The molecule has 0 aliphatic heterocycles. The number of nitrogens with one attached hydrogen (secondary N) is 2. The fraction of sp³-hybridized carbons (Fsp3) is 0.533. The van der Waals surface area contributed by atoms with Crippen LogP contribution in [0.3, 0.4) is 0 Å². The number of hydrogen-bond donors (Lipinski definition) is 3. The summed E-state index contributed by atoms with van der Waals surface area (Å²) in [5.41, 5.74) is 0. The molecular weight excluding hydrogens is 272 g/mol. The van der Waals surface area contributed by atoms with Gasteiger partial charge in [-0.1, -0.05) is 32.0 Å². The number of urea groups is 1. The first-order chi connectivity index (χ1) is 9.59. The maximum Gasteiger partial charge on any atom is 0.314 e. The lowest BCUT2D eigenvalue weighted by Gasteiger charge is -2.14. The molecule has 2 amide bonds. The lowest BCUT2D eigenvalue weighted by atomic mass is 10.0. The summed E-state index contributed by atoms with van der Waals surface area (Å²) in [4.78, 5) is 12.7. The summed E-state index contributed by atoms with van der Waals surface area (Å²) in [7, 11) is 0. The van der Waals surface area contributed by atoms with Crippen LogP contribution >= 0.6 is 11.8 Å². The molecular formula is C15H24N2O2S. The molecule has 0 saturated heterocycles. The van der Waals surface area contributed by atoms with Gasteiger partial charge in [-0.2, -0.15) is 0 Å². The molecule has 1 rings (SSSR count). The van der Waals surface area contributed by atoms with Crippen molar-refractivity contribution in [1.82, 2.24) is 10.6 Å². The van der Waals surface area contributed by atoms with Crippen molar-refractivity contribution in [3.8, 4) is 0 Å². The van der Waals surface area contributed by atoms with Crippen molar-refractivity contribution in [1.29, 1.82) is 0 Å². The van der Waals surface area contributed by atoms with Crippen LogP contribution in [0.15, 0.2) is 35.2 Å². The molecule has 1 unspecified atom stereocenters. The Hall–Kier alpha value is -1.20. The van der Waals surface area contributed by atoms with E-state index in [4.69, 9.17) is 0 Å². The monoisotopic (exact) mass is 296 g/mol. The van der Waals surface area contributed by atoms with Crippen LogP contribution in [0, 0.1) is 5.92 Å². The Balaban J connectivity index is 2.03. The lowest BCUT2D eigenvalue weighted by molar-refractivity contribution is 0.116. The zero-order valence-corrected chi connectivity index (χ0v) is 13.0. The quantitative estimate of drug-likeness (QED) is 0.510. The number of thioether (sulfide) groups is 1. The van der Waals surface area contributed by atoms with E-state index in [1.54, 1.807) is 11.8 Å². The Kier molecular flexibility index (Phi) is 8.14. The molecule has 0 saturated carbocycles. The molecule has 0 fully saturated rings. The number of aliphatic hydroxyl groups excluding tert-OH is 1. The van der Waals surface area contributed by atoms with Crippen molar-refractivity contribution >= 4 is 17.8 Å². The largest absolute Gasteiger partial charge is 0.393 e. The summed E-state index contributed by atoms with van der Waals surface area (Å²) < 4.78 is 0. The lowest BCUT2D eigenvalue weighted by Crippen LogP contribution is -2.38. The third-order valence-corrected chi connectivity index (χ3v) is 3.91. The minimum atomic E-state index is -0.357. The summed E-state index contributed by atoms with van der Waals surface area (Å²) in [6.45, 7) is 5.05. The molecule has 0 aliphatic rings. The fourth-order valence-corrected chi connectivity index (χ4v) is 2.37. The second kappa shape index (κ2) is 9.66. The minimum Gasteiger partial charge on any atom is -0.393 e. The summed E-state index contributed by atoms with van der Waals surface area (Å²) in [5.74, 6) is 1.06. The third-order valence-electron chi connectivity index (χ3n) is 2.89. The zero-order chi connectivity index (χ0) is 14.8. The second-order valence-electron chi connectivity index (χ2n) is 4.94. The van der Waals surface area contributed by atoms with E-state index < -0.39 is 0 Å². The molecule has 5 heteroatoms. The summed E-state index contributed by atoms with van der Waals surface area (Å²) >= 11 is 1.71. The summed E-state index contributed by atoms with van der Waals surface area (Å²) in [5, 5.41) is 15.2. The number of aliphatic hydroxyl groups is 1. The third kappa shape index (κ3) is 7.40. The Morgan fingerprint density at radius 1 is 1.20 bits per heavy atom. The van der Waals surface area contributed by atoms with Crippen molar-refractivity contribution in [3.05, 3.63) is 30.3 Å². The van der Waals surface area contributed by atoms with Crippen LogP contribution in [0.2, 0.25) is 0 Å². The maximum atomic E-state index is 11.5. The molecule has 4 nitrogen and oxygen atoms in total. The van der Waals surface area contributed by atoms with Gasteiger partial charge in [0.2, 0.25) is 0 Å². The highest BCUT2D eigenvalue weighted by molar-refractivity contribution is 7.99. The second-order valence-corrected chi connectivity index (χ2v) is 6.11.